The van der Waals surface area contributed by atoms with Crippen LogP contribution in [0, 0.1) is 0 Å². The minimum absolute atomic E-state index is 0.0245. The first kappa shape index (κ1) is 20.0. The molecular formula is C19H28O4Si. The average Bonchev–Trinajstić information content (AvgIpc) is 2.50. The van der Waals surface area contributed by atoms with E-state index in [1.807, 2.05) is 30.3 Å². The van der Waals surface area contributed by atoms with E-state index in [9.17, 15) is 4.79 Å². The summed E-state index contributed by atoms with van der Waals surface area (Å²) < 4.78 is 16.6. The molecule has 0 N–H and O–H groups in total. The minimum Gasteiger partial charge on any atom is -0.541 e. The zero-order chi connectivity index (χ0) is 18.4. The summed E-state index contributed by atoms with van der Waals surface area (Å²) in [4.78, 5) is 11.7. The van der Waals surface area contributed by atoms with Crippen LogP contribution in [0.2, 0.25) is 18.1 Å². The van der Waals surface area contributed by atoms with Crippen molar-refractivity contribution in [2.75, 3.05) is 6.61 Å². The number of rotatable bonds is 6. The van der Waals surface area contributed by atoms with Crippen LogP contribution in [0.1, 0.15) is 33.3 Å². The fourth-order valence-electron chi connectivity index (χ4n) is 1.66. The van der Waals surface area contributed by atoms with Gasteiger partial charge in [-0.2, -0.15) is 0 Å². The standard InChI is InChI=1S/C19H28O4Si/c1-8-14-21-18(20)22-15(2)17(16-12-10-9-11-13-16)23-24(6,7)19(3,4)5/h8-13H,1,14H2,2-7H3/b17-15+. The van der Waals surface area contributed by atoms with Gasteiger partial charge in [-0.3, -0.25) is 0 Å². The van der Waals surface area contributed by atoms with Crippen LogP contribution in [0.25, 0.3) is 5.76 Å². The minimum atomic E-state index is -2.10. The summed E-state index contributed by atoms with van der Waals surface area (Å²) in [5.41, 5.74) is 0.872. The number of carbonyl (C=O) groups is 1. The van der Waals surface area contributed by atoms with E-state index in [0.717, 1.165) is 5.56 Å². The van der Waals surface area contributed by atoms with Crippen molar-refractivity contribution in [3.63, 3.8) is 0 Å². The smallest absolute Gasteiger partial charge is 0.513 e. The molecule has 0 aromatic heterocycles. The first-order valence-corrected chi connectivity index (χ1v) is 10.9. The van der Waals surface area contributed by atoms with E-state index in [1.54, 1.807) is 6.92 Å². The van der Waals surface area contributed by atoms with Crippen LogP contribution in [0.15, 0.2) is 48.7 Å². The van der Waals surface area contributed by atoms with Gasteiger partial charge < -0.3 is 13.9 Å². The number of allylic oxidation sites excluding steroid dienone is 1. The number of hydrogen-bond acceptors (Lipinski definition) is 4. The predicted molar refractivity (Wildman–Crippen MR) is 99.9 cm³/mol. The van der Waals surface area contributed by atoms with Crippen LogP contribution in [-0.2, 0) is 13.9 Å². The molecule has 0 spiro atoms. The Labute approximate surface area is 146 Å². The highest BCUT2D eigenvalue weighted by atomic mass is 28.4. The molecular weight excluding hydrogens is 320 g/mol. The highest BCUT2D eigenvalue weighted by molar-refractivity contribution is 6.74. The largest absolute Gasteiger partial charge is 0.541 e. The molecule has 0 aliphatic carbocycles. The van der Waals surface area contributed by atoms with E-state index in [-0.39, 0.29) is 11.6 Å². The summed E-state index contributed by atoms with van der Waals surface area (Å²) >= 11 is 0. The molecule has 0 heterocycles. The Kier molecular flexibility index (Phi) is 6.84. The lowest BCUT2D eigenvalue weighted by molar-refractivity contribution is 0.0859. The predicted octanol–water partition coefficient (Wildman–Crippen LogP) is 5.74. The van der Waals surface area contributed by atoms with Crippen molar-refractivity contribution in [3.8, 4) is 0 Å². The molecule has 5 heteroatoms. The van der Waals surface area contributed by atoms with Crippen molar-refractivity contribution < 1.29 is 18.7 Å². The summed E-state index contributed by atoms with van der Waals surface area (Å²) in [5, 5.41) is 0.0245. The molecule has 0 fully saturated rings. The Hall–Kier alpha value is -2.01. The van der Waals surface area contributed by atoms with E-state index in [1.165, 1.54) is 6.08 Å². The molecule has 1 aromatic carbocycles. The molecule has 0 radical (unpaired) electrons. The van der Waals surface area contributed by atoms with Crippen molar-refractivity contribution >= 4 is 20.2 Å². The van der Waals surface area contributed by atoms with Crippen molar-refractivity contribution in [2.45, 2.75) is 45.8 Å². The zero-order valence-electron chi connectivity index (χ0n) is 15.5. The second kappa shape index (κ2) is 8.19. The van der Waals surface area contributed by atoms with Crippen LogP contribution in [0.3, 0.4) is 0 Å². The van der Waals surface area contributed by atoms with Crippen LogP contribution < -0.4 is 0 Å². The fourth-order valence-corrected chi connectivity index (χ4v) is 2.74. The Morgan fingerprint density at radius 1 is 1.21 bits per heavy atom. The molecule has 1 rings (SSSR count). The van der Waals surface area contributed by atoms with Gasteiger partial charge >= 0.3 is 6.16 Å². The molecule has 132 valence electrons. The Bertz CT molecular complexity index is 598. The number of hydrogen-bond donors (Lipinski definition) is 0. The maximum Gasteiger partial charge on any atom is 0.513 e. The molecule has 0 amide bonds. The third-order valence-corrected chi connectivity index (χ3v) is 8.40. The van der Waals surface area contributed by atoms with Crippen LogP contribution in [0.4, 0.5) is 4.79 Å². The molecule has 0 aliphatic heterocycles. The molecule has 0 bridgehead atoms. The van der Waals surface area contributed by atoms with E-state index in [2.05, 4.69) is 40.4 Å². The second-order valence-corrected chi connectivity index (χ2v) is 11.8. The van der Waals surface area contributed by atoms with E-state index >= 15 is 0 Å². The van der Waals surface area contributed by atoms with Gasteiger partial charge in [-0.25, -0.2) is 4.79 Å². The van der Waals surface area contributed by atoms with Gasteiger partial charge in [0.05, 0.1) is 0 Å². The molecule has 0 saturated carbocycles. The normalized spacial score (nSPS) is 12.9. The van der Waals surface area contributed by atoms with E-state index in [4.69, 9.17) is 13.9 Å². The summed E-state index contributed by atoms with van der Waals surface area (Å²) in [6.07, 6.45) is 0.726. The Morgan fingerprint density at radius 3 is 2.29 bits per heavy atom. The topological polar surface area (TPSA) is 44.8 Å². The van der Waals surface area contributed by atoms with Crippen LogP contribution in [0.5, 0.6) is 0 Å². The Balaban J connectivity index is 3.17. The zero-order valence-corrected chi connectivity index (χ0v) is 16.5. The molecule has 0 aliphatic rings. The van der Waals surface area contributed by atoms with Crippen LogP contribution >= 0.6 is 0 Å². The van der Waals surface area contributed by atoms with Gasteiger partial charge in [0.2, 0.25) is 0 Å². The lowest BCUT2D eigenvalue weighted by atomic mass is 10.2. The van der Waals surface area contributed by atoms with Gasteiger partial charge in [-0.15, -0.1) is 0 Å². The van der Waals surface area contributed by atoms with Crippen molar-refractivity contribution in [1.82, 2.24) is 0 Å². The summed E-state index contributed by atoms with van der Waals surface area (Å²) in [6, 6.07) is 9.65. The van der Waals surface area contributed by atoms with Crippen LogP contribution in [-0.4, -0.2) is 21.1 Å². The van der Waals surface area contributed by atoms with Gasteiger partial charge in [0.15, 0.2) is 0 Å². The van der Waals surface area contributed by atoms with Gasteiger partial charge in [0, 0.05) is 5.56 Å². The molecule has 0 saturated heterocycles. The van der Waals surface area contributed by atoms with Gasteiger partial charge in [0.25, 0.3) is 8.32 Å². The quantitative estimate of drug-likeness (QED) is 0.285. The first-order chi connectivity index (χ1) is 11.1. The highest BCUT2D eigenvalue weighted by Gasteiger charge is 2.40. The van der Waals surface area contributed by atoms with Crippen molar-refractivity contribution in [1.29, 1.82) is 0 Å². The lowest BCUT2D eigenvalue weighted by Gasteiger charge is -2.37. The maximum absolute atomic E-state index is 11.7. The number of carbonyl (C=O) groups excluding carboxylic acids is 1. The summed E-state index contributed by atoms with van der Waals surface area (Å²) in [7, 11) is -2.10. The Morgan fingerprint density at radius 2 is 1.79 bits per heavy atom. The third kappa shape index (κ3) is 5.56. The second-order valence-electron chi connectivity index (χ2n) is 7.07. The summed E-state index contributed by atoms with van der Waals surface area (Å²) in [5.74, 6) is 0.970. The lowest BCUT2D eigenvalue weighted by Crippen LogP contribution is -2.40. The van der Waals surface area contributed by atoms with Crippen molar-refractivity contribution in [2.24, 2.45) is 0 Å². The molecule has 4 nitrogen and oxygen atoms in total. The molecule has 24 heavy (non-hydrogen) atoms. The monoisotopic (exact) mass is 348 g/mol. The highest BCUT2D eigenvalue weighted by Crippen LogP contribution is 2.40. The SMILES string of the molecule is C=CCOC(=O)O/C(C)=C(/O[Si](C)(C)C(C)(C)C)c1ccccc1. The van der Waals surface area contributed by atoms with E-state index in [0.29, 0.717) is 11.5 Å². The molecule has 0 unspecified atom stereocenters. The molecule has 1 aromatic rings. The third-order valence-electron chi connectivity index (χ3n) is 4.07. The van der Waals surface area contributed by atoms with Crippen molar-refractivity contribution in [3.05, 3.63) is 54.3 Å². The average molecular weight is 349 g/mol. The van der Waals surface area contributed by atoms with Gasteiger partial charge in [0.1, 0.15) is 18.1 Å². The number of benzene rings is 1. The summed E-state index contributed by atoms with van der Waals surface area (Å²) in [6.45, 7) is 16.1. The fraction of sp³-hybridized carbons (Fsp3) is 0.421. The number of ether oxygens (including phenoxy) is 2. The first-order valence-electron chi connectivity index (χ1n) is 7.99. The maximum atomic E-state index is 11.7. The van der Waals surface area contributed by atoms with Gasteiger partial charge in [-0.05, 0) is 25.1 Å². The van der Waals surface area contributed by atoms with E-state index < -0.39 is 14.5 Å². The van der Waals surface area contributed by atoms with Gasteiger partial charge in [-0.1, -0.05) is 63.8 Å². The molecule has 0 atom stereocenters.